The standard InChI is InChI=1S/C39H59N9O6/c1-26(2)23-32(47-36(51)33(25-28-15-9-6-10-16-28)46-34(49)30(40)24-27-13-7-5-8-14-27)35(50)45-31(17-11-12-20-43-38(53)41-3)37(52)48-21-18-29(19-22-48)44-39(54)42-4/h5-10,13-16,26,29-33H,11-12,17-25,40H2,1-4H3,(H,45,50)(H,46,49)(H,47,51)(H2,41,43,53)(H2,42,44,54)/t30-,31-,32-,33-/m1/s1. The molecule has 0 bridgehead atoms. The van der Waals surface area contributed by atoms with Crippen LogP contribution in [0.15, 0.2) is 60.7 Å². The molecular formula is C39H59N9O6. The van der Waals surface area contributed by atoms with E-state index >= 15 is 0 Å². The van der Waals surface area contributed by atoms with E-state index in [1.165, 1.54) is 7.05 Å². The fourth-order valence-electron chi connectivity index (χ4n) is 6.29. The van der Waals surface area contributed by atoms with Crippen molar-refractivity contribution >= 4 is 35.7 Å². The van der Waals surface area contributed by atoms with Gasteiger partial charge >= 0.3 is 12.1 Å². The fourth-order valence-corrected chi connectivity index (χ4v) is 6.29. The second kappa shape index (κ2) is 22.8. The zero-order valence-corrected chi connectivity index (χ0v) is 32.0. The van der Waals surface area contributed by atoms with E-state index in [1.807, 2.05) is 74.5 Å². The van der Waals surface area contributed by atoms with Crippen molar-refractivity contribution in [3.8, 4) is 0 Å². The number of unbranched alkanes of at least 4 members (excludes halogenated alkanes) is 1. The molecule has 2 aromatic carbocycles. The van der Waals surface area contributed by atoms with Gasteiger partial charge in [-0.25, -0.2) is 9.59 Å². The molecule has 0 saturated carbocycles. The summed E-state index contributed by atoms with van der Waals surface area (Å²) in [7, 11) is 3.07. The minimum Gasteiger partial charge on any atom is -0.343 e. The van der Waals surface area contributed by atoms with E-state index in [4.69, 9.17) is 5.73 Å². The molecule has 4 atom stereocenters. The van der Waals surface area contributed by atoms with Gasteiger partial charge in [-0.3, -0.25) is 19.2 Å². The van der Waals surface area contributed by atoms with Crippen molar-refractivity contribution in [3.05, 3.63) is 71.8 Å². The number of urea groups is 2. The third kappa shape index (κ3) is 15.0. The van der Waals surface area contributed by atoms with Crippen LogP contribution in [0.2, 0.25) is 0 Å². The Kier molecular flexibility index (Phi) is 18.2. The molecule has 3 rings (SSSR count). The van der Waals surface area contributed by atoms with Gasteiger partial charge in [0.25, 0.3) is 0 Å². The van der Waals surface area contributed by atoms with Gasteiger partial charge in [-0.1, -0.05) is 74.5 Å². The summed E-state index contributed by atoms with van der Waals surface area (Å²) >= 11 is 0. The Morgan fingerprint density at radius 1 is 0.704 bits per heavy atom. The molecule has 15 nitrogen and oxygen atoms in total. The van der Waals surface area contributed by atoms with Gasteiger partial charge in [0.1, 0.15) is 18.1 Å². The van der Waals surface area contributed by atoms with Crippen LogP contribution < -0.4 is 43.0 Å². The molecule has 15 heteroatoms. The topological polar surface area (TPSA) is 216 Å². The summed E-state index contributed by atoms with van der Waals surface area (Å²) in [6.07, 6.45) is 3.27. The monoisotopic (exact) mass is 749 g/mol. The molecule has 1 saturated heterocycles. The summed E-state index contributed by atoms with van der Waals surface area (Å²) in [5, 5.41) is 19.3. The number of nitrogens with zero attached hydrogens (tertiary/aromatic N) is 1. The van der Waals surface area contributed by atoms with Gasteiger partial charge < -0.3 is 47.9 Å². The Morgan fingerprint density at radius 2 is 1.24 bits per heavy atom. The Hall–Kier alpha value is -5.18. The van der Waals surface area contributed by atoms with Crippen LogP contribution in [0, 0.1) is 5.92 Å². The van der Waals surface area contributed by atoms with Gasteiger partial charge in [0.15, 0.2) is 0 Å². The SMILES string of the molecule is CNC(=O)NCCCC[C@@H](NC(=O)[C@@H](CC(C)C)NC(=O)[C@@H](Cc1ccccc1)NC(=O)[C@H](N)Cc1ccccc1)C(=O)N1CCC(NC(=O)NC)CC1. The molecule has 0 radical (unpaired) electrons. The number of nitrogens with one attached hydrogen (secondary N) is 7. The molecule has 0 spiro atoms. The normalized spacial score (nSPS) is 15.2. The molecule has 1 heterocycles. The van der Waals surface area contributed by atoms with E-state index in [2.05, 4.69) is 37.2 Å². The number of nitrogens with two attached hydrogens (primary N) is 1. The Bertz CT molecular complexity index is 1500. The van der Waals surface area contributed by atoms with Gasteiger partial charge in [-0.15, -0.1) is 0 Å². The van der Waals surface area contributed by atoms with Crippen LogP contribution >= 0.6 is 0 Å². The van der Waals surface area contributed by atoms with Gasteiger partial charge in [0.2, 0.25) is 23.6 Å². The number of rotatable bonds is 19. The van der Waals surface area contributed by atoms with E-state index in [1.54, 1.807) is 11.9 Å². The van der Waals surface area contributed by atoms with Crippen LogP contribution in [0.25, 0.3) is 0 Å². The average Bonchev–Trinajstić information content (AvgIpc) is 3.17. The lowest BCUT2D eigenvalue weighted by Gasteiger charge is -2.35. The summed E-state index contributed by atoms with van der Waals surface area (Å²) in [6, 6.07) is 14.1. The van der Waals surface area contributed by atoms with Gasteiger partial charge in [-0.05, 0) is 62.0 Å². The van der Waals surface area contributed by atoms with Crippen LogP contribution in [0.4, 0.5) is 9.59 Å². The fraction of sp³-hybridized carbons (Fsp3) is 0.538. The molecule has 9 N–H and O–H groups in total. The van der Waals surface area contributed by atoms with E-state index in [-0.39, 0.29) is 49.2 Å². The summed E-state index contributed by atoms with van der Waals surface area (Å²) in [4.78, 5) is 80.4. The summed E-state index contributed by atoms with van der Waals surface area (Å²) in [5.74, 6) is -1.81. The molecule has 2 aromatic rings. The molecule has 0 unspecified atom stereocenters. The second-order valence-electron chi connectivity index (χ2n) is 14.1. The van der Waals surface area contributed by atoms with Crippen LogP contribution in [0.3, 0.4) is 0 Å². The molecule has 296 valence electrons. The number of carbonyl (C=O) groups excluding carboxylic acids is 6. The zero-order valence-electron chi connectivity index (χ0n) is 32.0. The number of piperidine rings is 1. The van der Waals surface area contributed by atoms with Crippen LogP contribution in [0.5, 0.6) is 0 Å². The number of amides is 8. The predicted molar refractivity (Wildman–Crippen MR) is 207 cm³/mol. The van der Waals surface area contributed by atoms with Crippen LogP contribution in [0.1, 0.15) is 63.5 Å². The molecular weight excluding hydrogens is 690 g/mol. The first kappa shape index (κ1) is 43.2. The highest BCUT2D eigenvalue weighted by molar-refractivity contribution is 5.95. The van der Waals surface area contributed by atoms with Gasteiger partial charge in [0.05, 0.1) is 6.04 Å². The molecule has 1 aliphatic rings. The number of benzene rings is 2. The Balaban J connectivity index is 1.76. The van der Waals surface area contributed by atoms with Crippen molar-refractivity contribution in [1.82, 2.24) is 42.1 Å². The zero-order chi connectivity index (χ0) is 39.5. The van der Waals surface area contributed by atoms with Crippen molar-refractivity contribution < 1.29 is 28.8 Å². The number of carbonyl (C=O) groups is 6. The maximum atomic E-state index is 14.0. The highest BCUT2D eigenvalue weighted by Crippen LogP contribution is 2.15. The minimum absolute atomic E-state index is 0.000652. The lowest BCUT2D eigenvalue weighted by molar-refractivity contribution is -0.138. The minimum atomic E-state index is -1.03. The second-order valence-corrected chi connectivity index (χ2v) is 14.1. The summed E-state index contributed by atoms with van der Waals surface area (Å²) in [5.41, 5.74) is 7.97. The van der Waals surface area contributed by atoms with Crippen LogP contribution in [-0.2, 0) is 32.0 Å². The highest BCUT2D eigenvalue weighted by atomic mass is 16.2. The van der Waals surface area contributed by atoms with E-state index in [0.717, 1.165) is 11.1 Å². The predicted octanol–water partition coefficient (Wildman–Crippen LogP) is 1.32. The first-order valence-electron chi connectivity index (χ1n) is 18.9. The maximum Gasteiger partial charge on any atom is 0.314 e. The smallest absolute Gasteiger partial charge is 0.314 e. The van der Waals surface area contributed by atoms with E-state index in [9.17, 15) is 28.8 Å². The van der Waals surface area contributed by atoms with Crippen molar-refractivity contribution in [2.45, 2.75) is 95.4 Å². The third-order valence-corrected chi connectivity index (χ3v) is 9.31. The molecule has 0 aliphatic carbocycles. The molecule has 1 fully saturated rings. The van der Waals surface area contributed by atoms with Gasteiger partial charge in [0, 0.05) is 46.2 Å². The third-order valence-electron chi connectivity index (χ3n) is 9.31. The van der Waals surface area contributed by atoms with Crippen LogP contribution in [-0.4, -0.2) is 105 Å². The van der Waals surface area contributed by atoms with Crippen molar-refractivity contribution in [2.75, 3.05) is 33.7 Å². The number of hydrogen-bond acceptors (Lipinski definition) is 7. The first-order valence-corrected chi connectivity index (χ1v) is 18.9. The molecule has 1 aliphatic heterocycles. The van der Waals surface area contributed by atoms with Crippen molar-refractivity contribution in [1.29, 1.82) is 0 Å². The molecule has 54 heavy (non-hydrogen) atoms. The van der Waals surface area contributed by atoms with Crippen molar-refractivity contribution in [2.24, 2.45) is 11.7 Å². The lowest BCUT2D eigenvalue weighted by atomic mass is 9.99. The number of hydrogen-bond donors (Lipinski definition) is 8. The van der Waals surface area contributed by atoms with E-state index < -0.39 is 41.9 Å². The number of likely N-dealkylation sites (tertiary alicyclic amines) is 1. The molecule has 8 amide bonds. The maximum absolute atomic E-state index is 14.0. The quantitative estimate of drug-likeness (QED) is 0.0986. The Morgan fingerprint density at radius 3 is 1.81 bits per heavy atom. The lowest BCUT2D eigenvalue weighted by Crippen LogP contribution is -2.59. The van der Waals surface area contributed by atoms with E-state index in [0.29, 0.717) is 51.7 Å². The highest BCUT2D eigenvalue weighted by Gasteiger charge is 2.33. The van der Waals surface area contributed by atoms with Crippen molar-refractivity contribution in [3.63, 3.8) is 0 Å². The Labute approximate surface area is 318 Å². The first-order chi connectivity index (χ1) is 25.9. The summed E-state index contributed by atoms with van der Waals surface area (Å²) in [6.45, 7) is 5.05. The van der Waals surface area contributed by atoms with Gasteiger partial charge in [-0.2, -0.15) is 0 Å². The molecule has 0 aromatic heterocycles. The largest absolute Gasteiger partial charge is 0.343 e. The summed E-state index contributed by atoms with van der Waals surface area (Å²) < 4.78 is 0. The average molecular weight is 750 g/mol.